The minimum Gasteiger partial charge on any atom is -0.305 e. The molecule has 0 aromatic carbocycles. The van der Waals surface area contributed by atoms with E-state index in [1.165, 1.54) is 0 Å². The van der Waals surface area contributed by atoms with Crippen molar-refractivity contribution in [2.45, 2.75) is 20.0 Å². The maximum absolute atomic E-state index is 4.27. The van der Waals surface area contributed by atoms with Crippen LogP contribution in [0.1, 0.15) is 17.1 Å². The number of nitrogens with one attached hydrogen (secondary N) is 1. The molecular weight excluding hydrogens is 202 g/mol. The maximum Gasteiger partial charge on any atom is 0.0724 e. The van der Waals surface area contributed by atoms with Gasteiger partial charge < -0.3 is 5.32 Å². The second kappa shape index (κ2) is 4.85. The van der Waals surface area contributed by atoms with E-state index in [2.05, 4.69) is 20.4 Å². The van der Waals surface area contributed by atoms with Crippen molar-refractivity contribution in [2.75, 3.05) is 0 Å². The predicted molar refractivity (Wildman–Crippen MR) is 60.5 cm³/mol. The van der Waals surface area contributed by atoms with Gasteiger partial charge in [-0.15, -0.1) is 0 Å². The maximum atomic E-state index is 4.27. The summed E-state index contributed by atoms with van der Waals surface area (Å²) in [5.41, 5.74) is 3.04. The average molecular weight is 217 g/mol. The Balaban J connectivity index is 1.84. The Kier molecular flexibility index (Phi) is 3.26. The van der Waals surface area contributed by atoms with Gasteiger partial charge >= 0.3 is 0 Å². The van der Waals surface area contributed by atoms with E-state index in [1.54, 1.807) is 18.6 Å². The quantitative estimate of drug-likeness (QED) is 0.823. The standard InChI is InChI=1S/C11H15N5/c1-9-5-14-10(7-13-9)6-12-8-11-3-4-15-16(11)2/h3-5,7,12H,6,8H2,1-2H3. The van der Waals surface area contributed by atoms with Crippen LogP contribution >= 0.6 is 0 Å². The van der Waals surface area contributed by atoms with Gasteiger partial charge in [-0.05, 0) is 13.0 Å². The Morgan fingerprint density at radius 3 is 2.75 bits per heavy atom. The fraction of sp³-hybridized carbons (Fsp3) is 0.364. The van der Waals surface area contributed by atoms with Crippen molar-refractivity contribution in [2.24, 2.45) is 7.05 Å². The molecule has 0 spiro atoms. The van der Waals surface area contributed by atoms with Gasteiger partial charge in [0.2, 0.25) is 0 Å². The first-order valence-electron chi connectivity index (χ1n) is 5.21. The van der Waals surface area contributed by atoms with E-state index >= 15 is 0 Å². The topological polar surface area (TPSA) is 55.6 Å². The molecule has 0 aliphatic rings. The number of hydrogen-bond acceptors (Lipinski definition) is 4. The van der Waals surface area contributed by atoms with Gasteiger partial charge in [-0.2, -0.15) is 5.10 Å². The molecule has 0 bridgehead atoms. The third-order valence-corrected chi connectivity index (χ3v) is 2.37. The zero-order valence-electron chi connectivity index (χ0n) is 9.51. The lowest BCUT2D eigenvalue weighted by atomic mass is 10.4. The summed E-state index contributed by atoms with van der Waals surface area (Å²) in [5.74, 6) is 0. The van der Waals surface area contributed by atoms with Crippen LogP contribution in [0.4, 0.5) is 0 Å². The predicted octanol–water partition coefficient (Wildman–Crippen LogP) is 0.808. The van der Waals surface area contributed by atoms with Crippen LogP contribution in [0.2, 0.25) is 0 Å². The highest BCUT2D eigenvalue weighted by atomic mass is 15.3. The van der Waals surface area contributed by atoms with Crippen molar-refractivity contribution in [1.29, 1.82) is 0 Å². The first kappa shape index (κ1) is 10.8. The van der Waals surface area contributed by atoms with Crippen LogP contribution in [0.3, 0.4) is 0 Å². The van der Waals surface area contributed by atoms with Crippen LogP contribution < -0.4 is 5.32 Å². The molecule has 2 aromatic heterocycles. The van der Waals surface area contributed by atoms with Gasteiger partial charge in [-0.1, -0.05) is 0 Å². The average Bonchev–Trinajstić information content (AvgIpc) is 2.68. The minimum atomic E-state index is 0.721. The van der Waals surface area contributed by atoms with Gasteiger partial charge in [0.1, 0.15) is 0 Å². The summed E-state index contributed by atoms with van der Waals surface area (Å²) in [6.07, 6.45) is 5.37. The zero-order valence-corrected chi connectivity index (χ0v) is 9.51. The molecule has 2 aromatic rings. The summed E-state index contributed by atoms with van der Waals surface area (Å²) in [4.78, 5) is 8.46. The summed E-state index contributed by atoms with van der Waals surface area (Å²) in [7, 11) is 1.93. The third kappa shape index (κ3) is 2.64. The van der Waals surface area contributed by atoms with Crippen molar-refractivity contribution < 1.29 is 0 Å². The van der Waals surface area contributed by atoms with Crippen molar-refractivity contribution >= 4 is 0 Å². The van der Waals surface area contributed by atoms with Crippen LogP contribution in [0, 0.1) is 6.92 Å². The molecule has 0 unspecified atom stereocenters. The normalized spacial score (nSPS) is 10.6. The summed E-state index contributed by atoms with van der Waals surface area (Å²) < 4.78 is 1.85. The van der Waals surface area contributed by atoms with Gasteiger partial charge in [0, 0.05) is 38.7 Å². The molecule has 0 atom stereocenters. The van der Waals surface area contributed by atoms with E-state index in [1.807, 2.05) is 24.7 Å². The van der Waals surface area contributed by atoms with Crippen LogP contribution in [-0.4, -0.2) is 19.7 Å². The molecule has 2 rings (SSSR count). The third-order valence-electron chi connectivity index (χ3n) is 2.37. The SMILES string of the molecule is Cc1cnc(CNCc2ccnn2C)cn1. The molecule has 0 aliphatic heterocycles. The summed E-state index contributed by atoms with van der Waals surface area (Å²) >= 11 is 0. The fourth-order valence-electron chi connectivity index (χ4n) is 1.40. The monoisotopic (exact) mass is 217 g/mol. The summed E-state index contributed by atoms with van der Waals surface area (Å²) in [5, 5.41) is 7.40. The van der Waals surface area contributed by atoms with Gasteiger partial charge in [0.25, 0.3) is 0 Å². The lowest BCUT2D eigenvalue weighted by Crippen LogP contribution is -2.16. The number of aryl methyl sites for hydroxylation is 2. The van der Waals surface area contributed by atoms with E-state index in [9.17, 15) is 0 Å². The Hall–Kier alpha value is -1.75. The molecule has 0 amide bonds. The molecule has 1 N–H and O–H groups in total. The Bertz CT molecular complexity index is 446. The molecule has 0 saturated heterocycles. The molecular formula is C11H15N5. The van der Waals surface area contributed by atoms with Gasteiger partial charge in [-0.3, -0.25) is 14.6 Å². The molecule has 5 nitrogen and oxygen atoms in total. The molecule has 84 valence electrons. The fourth-order valence-corrected chi connectivity index (χ4v) is 1.40. The first-order chi connectivity index (χ1) is 7.75. The Morgan fingerprint density at radius 1 is 1.25 bits per heavy atom. The van der Waals surface area contributed by atoms with E-state index < -0.39 is 0 Å². The van der Waals surface area contributed by atoms with Gasteiger partial charge in [0.05, 0.1) is 17.1 Å². The number of aromatic nitrogens is 4. The van der Waals surface area contributed by atoms with E-state index in [0.717, 1.165) is 30.2 Å². The molecule has 0 saturated carbocycles. The van der Waals surface area contributed by atoms with Crippen molar-refractivity contribution in [3.05, 3.63) is 41.7 Å². The van der Waals surface area contributed by atoms with E-state index in [4.69, 9.17) is 0 Å². The zero-order chi connectivity index (χ0) is 11.4. The van der Waals surface area contributed by atoms with Crippen LogP contribution in [0.5, 0.6) is 0 Å². The number of rotatable bonds is 4. The summed E-state index contributed by atoms with van der Waals surface area (Å²) in [6, 6.07) is 1.99. The molecule has 2 heterocycles. The van der Waals surface area contributed by atoms with E-state index in [0.29, 0.717) is 0 Å². The van der Waals surface area contributed by atoms with Crippen LogP contribution in [0.25, 0.3) is 0 Å². The van der Waals surface area contributed by atoms with Gasteiger partial charge in [-0.25, -0.2) is 0 Å². The molecule has 5 heteroatoms. The second-order valence-corrected chi connectivity index (χ2v) is 3.70. The molecule has 0 fully saturated rings. The number of nitrogens with zero attached hydrogens (tertiary/aromatic N) is 4. The number of hydrogen-bond donors (Lipinski definition) is 1. The molecule has 0 aliphatic carbocycles. The van der Waals surface area contributed by atoms with Crippen LogP contribution in [-0.2, 0) is 20.1 Å². The largest absolute Gasteiger partial charge is 0.305 e. The first-order valence-corrected chi connectivity index (χ1v) is 5.21. The lowest BCUT2D eigenvalue weighted by molar-refractivity contribution is 0.618. The Labute approximate surface area is 94.5 Å². The lowest BCUT2D eigenvalue weighted by Gasteiger charge is -2.04. The second-order valence-electron chi connectivity index (χ2n) is 3.70. The van der Waals surface area contributed by atoms with Crippen molar-refractivity contribution in [3.63, 3.8) is 0 Å². The van der Waals surface area contributed by atoms with Crippen LogP contribution in [0.15, 0.2) is 24.7 Å². The highest BCUT2D eigenvalue weighted by molar-refractivity contribution is 5.02. The van der Waals surface area contributed by atoms with Gasteiger partial charge in [0.15, 0.2) is 0 Å². The minimum absolute atomic E-state index is 0.721. The highest BCUT2D eigenvalue weighted by Crippen LogP contribution is 1.97. The smallest absolute Gasteiger partial charge is 0.0724 e. The molecule has 16 heavy (non-hydrogen) atoms. The Morgan fingerprint density at radius 2 is 2.12 bits per heavy atom. The van der Waals surface area contributed by atoms with Crippen molar-refractivity contribution in [3.8, 4) is 0 Å². The summed E-state index contributed by atoms with van der Waals surface area (Å²) in [6.45, 7) is 3.43. The van der Waals surface area contributed by atoms with Crippen molar-refractivity contribution in [1.82, 2.24) is 25.1 Å². The highest BCUT2D eigenvalue weighted by Gasteiger charge is 1.98. The molecule has 0 radical (unpaired) electrons. The van der Waals surface area contributed by atoms with E-state index in [-0.39, 0.29) is 0 Å².